The van der Waals surface area contributed by atoms with Crippen molar-refractivity contribution in [3.63, 3.8) is 0 Å². The average molecular weight is 191 g/mol. The van der Waals surface area contributed by atoms with Gasteiger partial charge < -0.3 is 5.32 Å². The molecule has 0 amide bonds. The zero-order valence-electron chi connectivity index (χ0n) is 8.61. The van der Waals surface area contributed by atoms with Crippen molar-refractivity contribution in [1.29, 1.82) is 0 Å². The van der Waals surface area contributed by atoms with E-state index in [1.165, 1.54) is 24.8 Å². The van der Waals surface area contributed by atoms with E-state index < -0.39 is 0 Å². The Morgan fingerprint density at radius 2 is 2.14 bits per heavy atom. The van der Waals surface area contributed by atoms with Gasteiger partial charge in [0.1, 0.15) is 6.33 Å². The first-order valence-corrected chi connectivity index (χ1v) is 5.40. The number of aromatic nitrogens is 2. The summed E-state index contributed by atoms with van der Waals surface area (Å²) in [7, 11) is 0. The molecule has 2 rings (SSSR count). The first-order valence-electron chi connectivity index (χ1n) is 5.40. The molecule has 76 valence electrons. The Morgan fingerprint density at radius 3 is 2.64 bits per heavy atom. The molecule has 1 saturated carbocycles. The third kappa shape index (κ3) is 1.93. The standard InChI is InChI=1S/C11H17N3/c1-2-14-11(9-4-3-5-9)10-6-12-8-13-7-10/h6-9,11,14H,2-5H2,1H3. The van der Waals surface area contributed by atoms with Crippen molar-refractivity contribution in [2.75, 3.05) is 6.54 Å². The molecule has 0 spiro atoms. The van der Waals surface area contributed by atoms with Crippen LogP contribution in [0.15, 0.2) is 18.7 Å². The minimum atomic E-state index is 0.468. The van der Waals surface area contributed by atoms with Gasteiger partial charge in [-0.05, 0) is 25.3 Å². The fourth-order valence-corrected chi connectivity index (χ4v) is 2.02. The van der Waals surface area contributed by atoms with E-state index in [-0.39, 0.29) is 0 Å². The summed E-state index contributed by atoms with van der Waals surface area (Å²) in [5, 5.41) is 3.52. The molecule has 1 unspecified atom stereocenters. The predicted octanol–water partition coefficient (Wildman–Crippen LogP) is 1.93. The third-order valence-electron chi connectivity index (χ3n) is 2.98. The van der Waals surface area contributed by atoms with Crippen molar-refractivity contribution in [3.8, 4) is 0 Å². The lowest BCUT2D eigenvalue weighted by molar-refractivity contribution is 0.232. The van der Waals surface area contributed by atoms with E-state index in [0.717, 1.165) is 12.5 Å². The second kappa shape index (κ2) is 4.51. The summed E-state index contributed by atoms with van der Waals surface area (Å²) in [4.78, 5) is 8.16. The van der Waals surface area contributed by atoms with Crippen LogP contribution in [-0.4, -0.2) is 16.5 Å². The van der Waals surface area contributed by atoms with Crippen molar-refractivity contribution < 1.29 is 0 Å². The third-order valence-corrected chi connectivity index (χ3v) is 2.98. The second-order valence-electron chi connectivity index (χ2n) is 3.90. The van der Waals surface area contributed by atoms with Crippen LogP contribution in [0, 0.1) is 5.92 Å². The van der Waals surface area contributed by atoms with Gasteiger partial charge in [-0.15, -0.1) is 0 Å². The molecule has 1 aliphatic carbocycles. The van der Waals surface area contributed by atoms with Crippen LogP contribution in [0.5, 0.6) is 0 Å². The molecule has 0 aliphatic heterocycles. The maximum atomic E-state index is 4.08. The quantitative estimate of drug-likeness (QED) is 0.790. The molecule has 1 heterocycles. The van der Waals surface area contributed by atoms with Crippen LogP contribution in [0.2, 0.25) is 0 Å². The molecule has 1 aromatic heterocycles. The highest BCUT2D eigenvalue weighted by molar-refractivity contribution is 5.11. The summed E-state index contributed by atoms with van der Waals surface area (Å²) in [6.45, 7) is 3.16. The molecule has 1 atom stereocenters. The summed E-state index contributed by atoms with van der Waals surface area (Å²) in [6, 6.07) is 0.468. The van der Waals surface area contributed by atoms with Gasteiger partial charge in [-0.3, -0.25) is 0 Å². The van der Waals surface area contributed by atoms with Gasteiger partial charge in [0.2, 0.25) is 0 Å². The SMILES string of the molecule is CCNC(c1cncnc1)C1CCC1. The van der Waals surface area contributed by atoms with Gasteiger partial charge in [0, 0.05) is 24.0 Å². The van der Waals surface area contributed by atoms with Gasteiger partial charge in [0.05, 0.1) is 0 Å². The Morgan fingerprint density at radius 1 is 1.43 bits per heavy atom. The normalized spacial score (nSPS) is 18.9. The van der Waals surface area contributed by atoms with Crippen molar-refractivity contribution in [3.05, 3.63) is 24.3 Å². The molecule has 1 aliphatic rings. The molecule has 1 fully saturated rings. The largest absolute Gasteiger partial charge is 0.310 e. The number of nitrogens with zero attached hydrogens (tertiary/aromatic N) is 2. The van der Waals surface area contributed by atoms with E-state index in [1.807, 2.05) is 12.4 Å². The summed E-state index contributed by atoms with van der Waals surface area (Å²) in [5.41, 5.74) is 1.24. The zero-order valence-corrected chi connectivity index (χ0v) is 8.61. The average Bonchev–Trinajstić information content (AvgIpc) is 2.16. The first kappa shape index (κ1) is 9.59. The summed E-state index contributed by atoms with van der Waals surface area (Å²) in [5.74, 6) is 0.793. The molecule has 1 aromatic rings. The Hall–Kier alpha value is -0.960. The van der Waals surface area contributed by atoms with Gasteiger partial charge in [0.25, 0.3) is 0 Å². The van der Waals surface area contributed by atoms with Gasteiger partial charge in [0.15, 0.2) is 0 Å². The van der Waals surface area contributed by atoms with E-state index in [1.54, 1.807) is 6.33 Å². The van der Waals surface area contributed by atoms with Crippen LogP contribution < -0.4 is 5.32 Å². The van der Waals surface area contributed by atoms with Crippen LogP contribution in [0.3, 0.4) is 0 Å². The number of rotatable bonds is 4. The molecular formula is C11H17N3. The van der Waals surface area contributed by atoms with Crippen LogP contribution in [0.25, 0.3) is 0 Å². The van der Waals surface area contributed by atoms with E-state index in [4.69, 9.17) is 0 Å². The molecule has 0 saturated heterocycles. The minimum Gasteiger partial charge on any atom is -0.310 e. The maximum absolute atomic E-state index is 4.08. The Labute approximate surface area is 85.0 Å². The van der Waals surface area contributed by atoms with E-state index in [9.17, 15) is 0 Å². The number of hydrogen-bond donors (Lipinski definition) is 1. The van der Waals surface area contributed by atoms with Crippen LogP contribution in [0.4, 0.5) is 0 Å². The monoisotopic (exact) mass is 191 g/mol. The lowest BCUT2D eigenvalue weighted by Gasteiger charge is -2.34. The summed E-state index contributed by atoms with van der Waals surface area (Å²) < 4.78 is 0. The van der Waals surface area contributed by atoms with E-state index in [0.29, 0.717) is 6.04 Å². The Bertz CT molecular complexity index is 269. The fraction of sp³-hybridized carbons (Fsp3) is 0.636. The molecule has 0 aromatic carbocycles. The molecule has 14 heavy (non-hydrogen) atoms. The molecule has 0 bridgehead atoms. The van der Waals surface area contributed by atoms with Gasteiger partial charge >= 0.3 is 0 Å². The van der Waals surface area contributed by atoms with Crippen molar-refractivity contribution in [1.82, 2.24) is 15.3 Å². The van der Waals surface area contributed by atoms with E-state index >= 15 is 0 Å². The van der Waals surface area contributed by atoms with Crippen molar-refractivity contribution in [2.45, 2.75) is 32.2 Å². The van der Waals surface area contributed by atoms with Crippen LogP contribution in [-0.2, 0) is 0 Å². The summed E-state index contributed by atoms with van der Waals surface area (Å²) >= 11 is 0. The molecular weight excluding hydrogens is 174 g/mol. The molecule has 0 radical (unpaired) electrons. The zero-order chi connectivity index (χ0) is 9.80. The van der Waals surface area contributed by atoms with Gasteiger partial charge in [-0.1, -0.05) is 13.3 Å². The van der Waals surface area contributed by atoms with Crippen molar-refractivity contribution >= 4 is 0 Å². The van der Waals surface area contributed by atoms with Crippen molar-refractivity contribution in [2.24, 2.45) is 5.92 Å². The van der Waals surface area contributed by atoms with Crippen LogP contribution in [0.1, 0.15) is 37.8 Å². The smallest absolute Gasteiger partial charge is 0.115 e. The van der Waals surface area contributed by atoms with Gasteiger partial charge in [-0.2, -0.15) is 0 Å². The highest BCUT2D eigenvalue weighted by Crippen LogP contribution is 2.37. The first-order chi connectivity index (χ1) is 6.92. The Kier molecular flexibility index (Phi) is 3.09. The second-order valence-corrected chi connectivity index (χ2v) is 3.90. The minimum absolute atomic E-state index is 0.468. The Balaban J connectivity index is 2.09. The van der Waals surface area contributed by atoms with Gasteiger partial charge in [-0.25, -0.2) is 9.97 Å². The molecule has 3 nitrogen and oxygen atoms in total. The number of nitrogens with one attached hydrogen (secondary N) is 1. The maximum Gasteiger partial charge on any atom is 0.115 e. The number of hydrogen-bond acceptors (Lipinski definition) is 3. The molecule has 1 N–H and O–H groups in total. The lowest BCUT2D eigenvalue weighted by Crippen LogP contribution is -2.32. The fourth-order valence-electron chi connectivity index (χ4n) is 2.02. The van der Waals surface area contributed by atoms with Crippen LogP contribution >= 0.6 is 0 Å². The topological polar surface area (TPSA) is 37.8 Å². The van der Waals surface area contributed by atoms with E-state index in [2.05, 4.69) is 22.2 Å². The lowest BCUT2D eigenvalue weighted by atomic mass is 9.77. The highest BCUT2D eigenvalue weighted by Gasteiger charge is 2.27. The predicted molar refractivity (Wildman–Crippen MR) is 55.8 cm³/mol. The highest BCUT2D eigenvalue weighted by atomic mass is 14.9. The molecule has 3 heteroatoms. The summed E-state index contributed by atoms with van der Waals surface area (Å²) in [6.07, 6.45) is 9.50.